The monoisotopic (exact) mass is 342 g/mol. The standard InChI is InChI=1S/C20H38O4/c1-10-20(23,13-15(2)21)11-12-24-16(22)19(9,18(6,7)8)14-17(3,4)5/h21,23H,2,10-14H2,1,3-9H3. The van der Waals surface area contributed by atoms with Crippen LogP contribution in [-0.4, -0.2) is 28.4 Å². The molecule has 142 valence electrons. The summed E-state index contributed by atoms with van der Waals surface area (Å²) in [5, 5.41) is 19.8. The zero-order valence-electron chi connectivity index (χ0n) is 17.0. The molecule has 0 saturated heterocycles. The summed E-state index contributed by atoms with van der Waals surface area (Å²) in [5.41, 5.74) is -1.94. The number of aliphatic hydroxyl groups is 2. The number of hydrogen-bond donors (Lipinski definition) is 2. The Kier molecular flexibility index (Phi) is 7.56. The molecule has 0 heterocycles. The van der Waals surface area contributed by atoms with Gasteiger partial charge in [-0.15, -0.1) is 0 Å². The van der Waals surface area contributed by atoms with Gasteiger partial charge < -0.3 is 14.9 Å². The van der Waals surface area contributed by atoms with Gasteiger partial charge in [0.1, 0.15) is 0 Å². The van der Waals surface area contributed by atoms with E-state index in [1.807, 2.05) is 13.8 Å². The number of esters is 1. The normalized spacial score (nSPS) is 17.7. The maximum atomic E-state index is 12.8. The fourth-order valence-corrected chi connectivity index (χ4v) is 2.97. The maximum Gasteiger partial charge on any atom is 0.312 e. The Morgan fingerprint density at radius 3 is 1.92 bits per heavy atom. The minimum absolute atomic E-state index is 0.000164. The molecule has 0 spiro atoms. The van der Waals surface area contributed by atoms with Gasteiger partial charge >= 0.3 is 5.97 Å². The van der Waals surface area contributed by atoms with Crippen molar-refractivity contribution in [1.82, 2.24) is 0 Å². The maximum absolute atomic E-state index is 12.8. The van der Waals surface area contributed by atoms with Gasteiger partial charge in [0.2, 0.25) is 0 Å². The largest absolute Gasteiger partial charge is 0.513 e. The van der Waals surface area contributed by atoms with Crippen molar-refractivity contribution in [2.24, 2.45) is 16.2 Å². The van der Waals surface area contributed by atoms with Gasteiger partial charge in [-0.05, 0) is 30.6 Å². The minimum atomic E-state index is -1.09. The topological polar surface area (TPSA) is 66.8 Å². The van der Waals surface area contributed by atoms with E-state index in [-0.39, 0.29) is 42.0 Å². The van der Waals surface area contributed by atoms with Gasteiger partial charge in [-0.2, -0.15) is 0 Å². The number of hydrogen-bond acceptors (Lipinski definition) is 4. The second kappa shape index (κ2) is 7.90. The summed E-state index contributed by atoms with van der Waals surface area (Å²) in [7, 11) is 0. The first-order valence-corrected chi connectivity index (χ1v) is 8.83. The summed E-state index contributed by atoms with van der Waals surface area (Å²) in [6, 6.07) is 0. The second-order valence-corrected chi connectivity index (χ2v) is 9.53. The Balaban J connectivity index is 5.01. The van der Waals surface area contributed by atoms with Crippen molar-refractivity contribution < 1.29 is 19.7 Å². The summed E-state index contributed by atoms with van der Waals surface area (Å²) in [4.78, 5) is 12.8. The summed E-state index contributed by atoms with van der Waals surface area (Å²) in [6.45, 7) is 19.9. The first-order valence-electron chi connectivity index (χ1n) is 8.83. The van der Waals surface area contributed by atoms with E-state index in [4.69, 9.17) is 4.74 Å². The summed E-state index contributed by atoms with van der Waals surface area (Å²) >= 11 is 0. The first-order chi connectivity index (χ1) is 10.6. The lowest BCUT2D eigenvalue weighted by molar-refractivity contribution is -0.166. The molecule has 24 heavy (non-hydrogen) atoms. The molecule has 0 aromatic rings. The van der Waals surface area contributed by atoms with E-state index in [9.17, 15) is 15.0 Å². The molecular weight excluding hydrogens is 304 g/mol. The van der Waals surface area contributed by atoms with Crippen LogP contribution >= 0.6 is 0 Å². The van der Waals surface area contributed by atoms with E-state index < -0.39 is 11.0 Å². The van der Waals surface area contributed by atoms with Gasteiger partial charge in [-0.3, -0.25) is 4.79 Å². The molecule has 0 aliphatic rings. The third kappa shape index (κ3) is 6.84. The molecule has 0 aromatic heterocycles. The Hall–Kier alpha value is -1.03. The molecule has 0 aliphatic carbocycles. The molecule has 2 N–H and O–H groups in total. The highest BCUT2D eigenvalue weighted by Crippen LogP contribution is 2.47. The van der Waals surface area contributed by atoms with E-state index in [0.717, 1.165) is 0 Å². The highest BCUT2D eigenvalue weighted by Gasteiger charge is 2.47. The smallest absolute Gasteiger partial charge is 0.312 e. The molecule has 2 atom stereocenters. The summed E-state index contributed by atoms with van der Waals surface area (Å²) in [5.74, 6) is -0.288. The van der Waals surface area contributed by atoms with E-state index in [0.29, 0.717) is 12.8 Å². The number of carbonyl (C=O) groups is 1. The van der Waals surface area contributed by atoms with Crippen molar-refractivity contribution in [3.05, 3.63) is 12.3 Å². The lowest BCUT2D eigenvalue weighted by atomic mass is 9.61. The fourth-order valence-electron chi connectivity index (χ4n) is 2.97. The van der Waals surface area contributed by atoms with Crippen molar-refractivity contribution in [3.8, 4) is 0 Å². The molecule has 0 amide bonds. The fraction of sp³-hybridized carbons (Fsp3) is 0.850. The number of ether oxygens (including phenoxy) is 1. The first kappa shape index (κ1) is 23.0. The molecule has 0 aromatic carbocycles. The second-order valence-electron chi connectivity index (χ2n) is 9.53. The van der Waals surface area contributed by atoms with Crippen molar-refractivity contribution in [1.29, 1.82) is 0 Å². The Morgan fingerprint density at radius 1 is 1.08 bits per heavy atom. The Labute approximate surface area is 148 Å². The van der Waals surface area contributed by atoms with E-state index in [2.05, 4.69) is 48.1 Å². The molecule has 4 nitrogen and oxygen atoms in total. The van der Waals surface area contributed by atoms with Crippen LogP contribution in [-0.2, 0) is 9.53 Å². The van der Waals surface area contributed by atoms with Gasteiger partial charge in [-0.25, -0.2) is 0 Å². The minimum Gasteiger partial charge on any atom is -0.513 e. The number of carbonyl (C=O) groups excluding carboxylic acids is 1. The van der Waals surface area contributed by atoms with E-state index in [1.54, 1.807) is 0 Å². The number of aliphatic hydroxyl groups excluding tert-OH is 1. The molecule has 2 unspecified atom stereocenters. The van der Waals surface area contributed by atoms with Gasteiger partial charge in [0.05, 0.1) is 23.4 Å². The highest BCUT2D eigenvalue weighted by atomic mass is 16.5. The predicted octanol–water partition coefficient (Wildman–Crippen LogP) is 5.01. The van der Waals surface area contributed by atoms with Crippen molar-refractivity contribution in [2.45, 2.75) is 86.7 Å². The molecule has 0 radical (unpaired) electrons. The lowest BCUT2D eigenvalue weighted by Gasteiger charge is -2.43. The van der Waals surface area contributed by atoms with Gasteiger partial charge in [0.25, 0.3) is 0 Å². The molecule has 0 aliphatic heterocycles. The predicted molar refractivity (Wildman–Crippen MR) is 98.8 cm³/mol. The summed E-state index contributed by atoms with van der Waals surface area (Å²) < 4.78 is 5.55. The van der Waals surface area contributed by atoms with Crippen LogP contribution in [0.2, 0.25) is 0 Å². The molecule has 0 bridgehead atoms. The molecule has 4 heteroatoms. The van der Waals surface area contributed by atoms with Crippen LogP contribution in [0, 0.1) is 16.2 Å². The SMILES string of the molecule is C=C(O)CC(O)(CC)CCOC(=O)C(C)(CC(C)(C)C)C(C)(C)C. The van der Waals surface area contributed by atoms with Gasteiger partial charge in [0, 0.05) is 12.8 Å². The average molecular weight is 343 g/mol. The van der Waals surface area contributed by atoms with Crippen LogP contribution in [0.3, 0.4) is 0 Å². The Bertz CT molecular complexity index is 442. The van der Waals surface area contributed by atoms with Crippen LogP contribution in [0.5, 0.6) is 0 Å². The quantitative estimate of drug-likeness (QED) is 0.480. The van der Waals surface area contributed by atoms with Crippen LogP contribution < -0.4 is 0 Å². The zero-order valence-corrected chi connectivity index (χ0v) is 17.0. The molecular formula is C20H38O4. The lowest BCUT2D eigenvalue weighted by Crippen LogP contribution is -2.44. The third-order valence-corrected chi connectivity index (χ3v) is 4.98. The third-order valence-electron chi connectivity index (χ3n) is 4.98. The molecule has 0 rings (SSSR count). The highest BCUT2D eigenvalue weighted by molar-refractivity contribution is 5.77. The molecule has 0 fully saturated rings. The van der Waals surface area contributed by atoms with Crippen LogP contribution in [0.1, 0.15) is 81.1 Å². The van der Waals surface area contributed by atoms with E-state index in [1.165, 1.54) is 0 Å². The van der Waals surface area contributed by atoms with Crippen molar-refractivity contribution in [2.75, 3.05) is 6.61 Å². The van der Waals surface area contributed by atoms with E-state index >= 15 is 0 Å². The molecule has 0 saturated carbocycles. The van der Waals surface area contributed by atoms with Crippen LogP contribution in [0.4, 0.5) is 0 Å². The summed E-state index contributed by atoms with van der Waals surface area (Å²) in [6.07, 6.45) is 1.56. The van der Waals surface area contributed by atoms with Gasteiger partial charge in [0.15, 0.2) is 0 Å². The zero-order chi connectivity index (χ0) is 19.4. The van der Waals surface area contributed by atoms with Gasteiger partial charge in [-0.1, -0.05) is 55.0 Å². The van der Waals surface area contributed by atoms with Crippen LogP contribution in [0.15, 0.2) is 12.3 Å². The van der Waals surface area contributed by atoms with Crippen LogP contribution in [0.25, 0.3) is 0 Å². The Morgan fingerprint density at radius 2 is 1.58 bits per heavy atom. The van der Waals surface area contributed by atoms with Crippen molar-refractivity contribution in [3.63, 3.8) is 0 Å². The average Bonchev–Trinajstić information content (AvgIpc) is 2.34. The number of rotatable bonds is 8. The van der Waals surface area contributed by atoms with Crippen molar-refractivity contribution >= 4 is 5.97 Å².